The lowest BCUT2D eigenvalue weighted by Crippen LogP contribution is -2.48. The third-order valence-electron chi connectivity index (χ3n) is 5.66. The van der Waals surface area contributed by atoms with Gasteiger partial charge in [-0.15, -0.1) is 0 Å². The molecule has 0 bridgehead atoms. The van der Waals surface area contributed by atoms with Gasteiger partial charge >= 0.3 is 18.3 Å². The Balaban J connectivity index is 1.84. The lowest BCUT2D eigenvalue weighted by molar-refractivity contribution is -0.137. The van der Waals surface area contributed by atoms with Crippen molar-refractivity contribution in [1.82, 2.24) is 10.2 Å². The fraction of sp³-hybridized carbons (Fsp3) is 0.545. The van der Waals surface area contributed by atoms with Crippen LogP contribution in [-0.4, -0.2) is 46.0 Å². The lowest BCUT2D eigenvalue weighted by Gasteiger charge is -2.24. The Hall–Kier alpha value is -3.31. The highest BCUT2D eigenvalue weighted by Crippen LogP contribution is 2.37. The maximum Gasteiger partial charge on any atom is 0.416 e. The topological polar surface area (TPSA) is 117 Å². The molecular formula is C22H27F3N4O5. The van der Waals surface area contributed by atoms with Gasteiger partial charge in [0.2, 0.25) is 5.91 Å². The van der Waals surface area contributed by atoms with Gasteiger partial charge in [0, 0.05) is 0 Å². The summed E-state index contributed by atoms with van der Waals surface area (Å²) in [5.41, 5.74) is -3.48. The van der Waals surface area contributed by atoms with E-state index in [0.29, 0.717) is 18.9 Å². The summed E-state index contributed by atoms with van der Waals surface area (Å²) in [6.45, 7) is 6.13. The van der Waals surface area contributed by atoms with E-state index >= 15 is 0 Å². The highest BCUT2D eigenvalue weighted by atomic mass is 19.4. The molecule has 5 amide bonds. The predicted molar refractivity (Wildman–Crippen MR) is 116 cm³/mol. The van der Waals surface area contributed by atoms with Crippen molar-refractivity contribution < 1.29 is 37.1 Å². The van der Waals surface area contributed by atoms with E-state index in [1.807, 2.05) is 0 Å². The van der Waals surface area contributed by atoms with E-state index in [0.717, 1.165) is 29.9 Å². The molecule has 1 aliphatic heterocycles. The second-order valence-corrected chi connectivity index (χ2v) is 9.44. The number of rotatable bonds is 4. The molecule has 3 N–H and O–H groups in total. The number of hydrogen-bond acceptors (Lipinski definition) is 5. The monoisotopic (exact) mass is 484 g/mol. The third-order valence-corrected chi connectivity index (χ3v) is 5.66. The Morgan fingerprint density at radius 3 is 2.26 bits per heavy atom. The van der Waals surface area contributed by atoms with Crippen LogP contribution in [0.4, 0.5) is 34.1 Å². The summed E-state index contributed by atoms with van der Waals surface area (Å²) >= 11 is 0. The standard InChI is InChI=1S/C22H27F3N4O5/c1-12(29-17(31)21(28-18(29)32)9-5-6-10-21)16(30)26-15-11-13(22(23,24)25)7-8-14(15)27-19(33)34-20(2,3)4/h7-8,11-12H,5-6,9-10H2,1-4H3,(H,26,30)(H,27,33)(H,28,32). The smallest absolute Gasteiger partial charge is 0.416 e. The maximum atomic E-state index is 13.3. The number of carbonyl (C=O) groups excluding carboxylic acids is 4. The number of imide groups is 1. The normalized spacial score (nSPS) is 18.6. The van der Waals surface area contributed by atoms with Crippen molar-refractivity contribution in [2.24, 2.45) is 0 Å². The Morgan fingerprint density at radius 2 is 1.71 bits per heavy atom. The molecule has 12 heteroatoms. The van der Waals surface area contributed by atoms with Gasteiger partial charge in [-0.25, -0.2) is 14.5 Å². The van der Waals surface area contributed by atoms with Gasteiger partial charge in [-0.3, -0.25) is 14.9 Å². The molecule has 1 saturated carbocycles. The van der Waals surface area contributed by atoms with Crippen LogP contribution in [-0.2, 0) is 20.5 Å². The Morgan fingerprint density at radius 1 is 1.09 bits per heavy atom. The summed E-state index contributed by atoms with van der Waals surface area (Å²) in [5.74, 6) is -1.43. The molecule has 1 aromatic rings. The molecule has 1 spiro atoms. The van der Waals surface area contributed by atoms with Crippen LogP contribution in [0.5, 0.6) is 0 Å². The van der Waals surface area contributed by atoms with Gasteiger partial charge in [-0.2, -0.15) is 13.2 Å². The highest BCUT2D eigenvalue weighted by Gasteiger charge is 2.54. The fourth-order valence-corrected chi connectivity index (χ4v) is 4.01. The minimum absolute atomic E-state index is 0.146. The van der Waals surface area contributed by atoms with Crippen LogP contribution in [0.1, 0.15) is 58.9 Å². The second kappa shape index (κ2) is 8.80. The largest absolute Gasteiger partial charge is 0.444 e. The maximum absolute atomic E-state index is 13.3. The fourth-order valence-electron chi connectivity index (χ4n) is 4.01. The van der Waals surface area contributed by atoms with Crippen molar-refractivity contribution >= 4 is 35.3 Å². The van der Waals surface area contributed by atoms with Crippen LogP contribution >= 0.6 is 0 Å². The van der Waals surface area contributed by atoms with Gasteiger partial charge in [-0.05, 0) is 58.7 Å². The van der Waals surface area contributed by atoms with Gasteiger partial charge in [0.1, 0.15) is 17.2 Å². The van der Waals surface area contributed by atoms with Crippen molar-refractivity contribution in [2.45, 2.75) is 76.7 Å². The third kappa shape index (κ3) is 5.26. The Kier molecular flexibility index (Phi) is 6.55. The molecule has 1 unspecified atom stereocenters. The van der Waals surface area contributed by atoms with Gasteiger partial charge in [0.25, 0.3) is 5.91 Å². The summed E-state index contributed by atoms with van der Waals surface area (Å²) in [6.07, 6.45) is -3.22. The van der Waals surface area contributed by atoms with Gasteiger partial charge < -0.3 is 15.4 Å². The minimum Gasteiger partial charge on any atom is -0.444 e. The van der Waals surface area contributed by atoms with Crippen LogP contribution in [0.25, 0.3) is 0 Å². The van der Waals surface area contributed by atoms with E-state index in [-0.39, 0.29) is 11.4 Å². The quantitative estimate of drug-likeness (QED) is 0.553. The van der Waals surface area contributed by atoms with Gasteiger partial charge in [0.15, 0.2) is 0 Å². The number of amides is 5. The molecule has 0 aromatic heterocycles. The Bertz CT molecular complexity index is 1010. The first-order valence-electron chi connectivity index (χ1n) is 10.8. The number of halogens is 3. The van der Waals surface area contributed by atoms with Crippen LogP contribution in [0, 0.1) is 0 Å². The molecule has 34 heavy (non-hydrogen) atoms. The van der Waals surface area contributed by atoms with Gasteiger partial charge in [0.05, 0.1) is 16.9 Å². The molecule has 1 aromatic carbocycles. The van der Waals surface area contributed by atoms with E-state index in [9.17, 15) is 32.3 Å². The molecule has 186 valence electrons. The van der Waals surface area contributed by atoms with Gasteiger partial charge in [-0.1, -0.05) is 12.8 Å². The van der Waals surface area contributed by atoms with E-state index in [2.05, 4.69) is 16.0 Å². The minimum atomic E-state index is -4.71. The summed E-state index contributed by atoms with van der Waals surface area (Å²) in [6, 6.07) is 0.338. The van der Waals surface area contributed by atoms with Crippen molar-refractivity contribution in [3.63, 3.8) is 0 Å². The molecule has 1 heterocycles. The molecule has 0 radical (unpaired) electrons. The number of hydrogen-bond donors (Lipinski definition) is 3. The first kappa shape index (κ1) is 25.3. The van der Waals surface area contributed by atoms with Crippen LogP contribution in [0.2, 0.25) is 0 Å². The molecule has 2 fully saturated rings. The number of urea groups is 1. The number of ether oxygens (including phenoxy) is 1. The van der Waals surface area contributed by atoms with Crippen molar-refractivity contribution in [3.8, 4) is 0 Å². The lowest BCUT2D eigenvalue weighted by atomic mass is 9.97. The molecule has 1 saturated heterocycles. The Labute approximate surface area is 194 Å². The van der Waals surface area contributed by atoms with Crippen LogP contribution in [0.15, 0.2) is 18.2 Å². The predicted octanol–water partition coefficient (Wildman–Crippen LogP) is 4.24. The second-order valence-electron chi connectivity index (χ2n) is 9.44. The number of benzene rings is 1. The highest BCUT2D eigenvalue weighted by molar-refractivity contribution is 6.11. The zero-order valence-corrected chi connectivity index (χ0v) is 19.3. The first-order chi connectivity index (χ1) is 15.6. The number of nitrogens with one attached hydrogen (secondary N) is 3. The number of nitrogens with zero attached hydrogens (tertiary/aromatic N) is 1. The van der Waals surface area contributed by atoms with E-state index < -0.39 is 52.9 Å². The van der Waals surface area contributed by atoms with Crippen LogP contribution in [0.3, 0.4) is 0 Å². The average molecular weight is 484 g/mol. The summed E-state index contributed by atoms with van der Waals surface area (Å²) in [5, 5.41) is 7.27. The van der Waals surface area contributed by atoms with E-state index in [4.69, 9.17) is 4.74 Å². The van der Waals surface area contributed by atoms with Crippen molar-refractivity contribution in [3.05, 3.63) is 23.8 Å². The number of alkyl halides is 3. The number of anilines is 2. The van der Waals surface area contributed by atoms with Crippen LogP contribution < -0.4 is 16.0 Å². The van der Waals surface area contributed by atoms with Crippen molar-refractivity contribution in [2.75, 3.05) is 10.6 Å². The molecule has 2 aliphatic rings. The number of carbonyl (C=O) groups is 4. The summed E-state index contributed by atoms with van der Waals surface area (Å²) in [4.78, 5) is 51.2. The summed E-state index contributed by atoms with van der Waals surface area (Å²) < 4.78 is 44.9. The van der Waals surface area contributed by atoms with E-state index in [1.54, 1.807) is 20.8 Å². The zero-order chi connectivity index (χ0) is 25.5. The SMILES string of the molecule is CC(C(=O)Nc1cc(C(F)(F)F)ccc1NC(=O)OC(C)(C)C)N1C(=O)NC2(CCCC2)C1=O. The molecular weight excluding hydrogens is 457 g/mol. The molecule has 1 atom stereocenters. The molecule has 1 aliphatic carbocycles. The van der Waals surface area contributed by atoms with E-state index in [1.165, 1.54) is 6.92 Å². The van der Waals surface area contributed by atoms with Crippen molar-refractivity contribution in [1.29, 1.82) is 0 Å². The first-order valence-corrected chi connectivity index (χ1v) is 10.8. The average Bonchev–Trinajstić information content (AvgIpc) is 3.25. The molecule has 9 nitrogen and oxygen atoms in total. The summed E-state index contributed by atoms with van der Waals surface area (Å²) in [7, 11) is 0. The molecule has 3 rings (SSSR count). The zero-order valence-electron chi connectivity index (χ0n) is 19.3.